The van der Waals surface area contributed by atoms with Crippen molar-refractivity contribution in [3.05, 3.63) is 5.69 Å². The van der Waals surface area contributed by atoms with Crippen molar-refractivity contribution in [2.45, 2.75) is 33.6 Å². The zero-order valence-electron chi connectivity index (χ0n) is 10.4. The molecule has 1 unspecified atom stereocenters. The molecule has 0 bridgehead atoms. The minimum atomic E-state index is -0.00319. The van der Waals surface area contributed by atoms with E-state index in [4.69, 9.17) is 5.73 Å². The molecule has 0 spiro atoms. The molecule has 16 heavy (non-hydrogen) atoms. The van der Waals surface area contributed by atoms with E-state index >= 15 is 0 Å². The number of nitrogen functional groups attached to an aromatic ring is 1. The fourth-order valence-electron chi connectivity index (χ4n) is 1.63. The van der Waals surface area contributed by atoms with E-state index in [0.29, 0.717) is 11.5 Å². The van der Waals surface area contributed by atoms with Crippen molar-refractivity contribution in [2.24, 2.45) is 13.0 Å². The summed E-state index contributed by atoms with van der Waals surface area (Å²) in [7, 11) is 1.77. The van der Waals surface area contributed by atoms with Gasteiger partial charge in [-0.15, -0.1) is 0 Å². The Morgan fingerprint density at radius 3 is 2.69 bits per heavy atom. The molecule has 0 aliphatic heterocycles. The van der Waals surface area contributed by atoms with Gasteiger partial charge in [0.1, 0.15) is 0 Å². The first-order valence-electron chi connectivity index (χ1n) is 5.57. The topological polar surface area (TPSA) is 72.9 Å². The van der Waals surface area contributed by atoms with Gasteiger partial charge in [-0.1, -0.05) is 20.3 Å². The molecular weight excluding hydrogens is 204 g/mol. The fraction of sp³-hybridized carbons (Fsp3) is 0.636. The van der Waals surface area contributed by atoms with Crippen LogP contribution in [0.4, 0.5) is 11.5 Å². The van der Waals surface area contributed by atoms with E-state index in [9.17, 15) is 4.79 Å². The minimum absolute atomic E-state index is 0.000365. The zero-order chi connectivity index (χ0) is 12.3. The molecule has 0 fully saturated rings. The number of amides is 1. The average Bonchev–Trinajstić information content (AvgIpc) is 2.45. The summed E-state index contributed by atoms with van der Waals surface area (Å²) in [5.74, 6) is 0.585. The number of carbonyl (C=O) groups excluding carboxylic acids is 1. The summed E-state index contributed by atoms with van der Waals surface area (Å²) in [5.41, 5.74) is 7.11. The molecule has 1 heterocycles. The molecule has 1 amide bonds. The van der Waals surface area contributed by atoms with Crippen molar-refractivity contribution < 1.29 is 4.79 Å². The number of rotatable bonds is 4. The number of hydrogen-bond donors (Lipinski definition) is 2. The maximum atomic E-state index is 11.8. The first-order chi connectivity index (χ1) is 7.47. The second kappa shape index (κ2) is 5.01. The second-order valence-electron chi connectivity index (χ2n) is 4.15. The first kappa shape index (κ1) is 12.5. The molecule has 1 aromatic rings. The van der Waals surface area contributed by atoms with E-state index in [-0.39, 0.29) is 11.8 Å². The Morgan fingerprint density at radius 1 is 1.62 bits per heavy atom. The monoisotopic (exact) mass is 224 g/mol. The molecule has 0 aromatic carbocycles. The SMILES string of the molecule is CCCC(C)C(=O)Nc1c(N)c(C)nn1C. The number of aromatic nitrogens is 2. The number of nitrogens with two attached hydrogens (primary N) is 1. The van der Waals surface area contributed by atoms with Gasteiger partial charge < -0.3 is 11.1 Å². The lowest BCUT2D eigenvalue weighted by molar-refractivity contribution is -0.119. The highest BCUT2D eigenvalue weighted by Gasteiger charge is 2.16. The maximum absolute atomic E-state index is 11.8. The molecule has 3 N–H and O–H groups in total. The molecule has 1 rings (SSSR count). The Kier molecular flexibility index (Phi) is 3.93. The van der Waals surface area contributed by atoms with Gasteiger partial charge in [0.2, 0.25) is 5.91 Å². The maximum Gasteiger partial charge on any atom is 0.228 e. The van der Waals surface area contributed by atoms with E-state index in [2.05, 4.69) is 17.3 Å². The highest BCUT2D eigenvalue weighted by atomic mass is 16.2. The van der Waals surface area contributed by atoms with Crippen LogP contribution in [0, 0.1) is 12.8 Å². The lowest BCUT2D eigenvalue weighted by Gasteiger charge is -2.11. The molecule has 0 radical (unpaired) electrons. The minimum Gasteiger partial charge on any atom is -0.394 e. The number of aryl methyl sites for hydroxylation is 2. The third kappa shape index (κ3) is 2.53. The molecule has 90 valence electrons. The van der Waals surface area contributed by atoms with Crippen LogP contribution in [-0.2, 0) is 11.8 Å². The van der Waals surface area contributed by atoms with Crippen LogP contribution in [0.1, 0.15) is 32.4 Å². The van der Waals surface area contributed by atoms with Crippen LogP contribution in [0.25, 0.3) is 0 Å². The molecule has 0 aliphatic rings. The van der Waals surface area contributed by atoms with Crippen LogP contribution in [0.3, 0.4) is 0 Å². The van der Waals surface area contributed by atoms with Gasteiger partial charge in [-0.25, -0.2) is 0 Å². The van der Waals surface area contributed by atoms with Gasteiger partial charge >= 0.3 is 0 Å². The normalized spacial score (nSPS) is 12.5. The van der Waals surface area contributed by atoms with Crippen molar-refractivity contribution in [1.82, 2.24) is 9.78 Å². The standard InChI is InChI=1S/C11H20N4O/c1-5-6-7(2)11(16)13-10-9(12)8(3)14-15(10)4/h7H,5-6,12H2,1-4H3,(H,13,16). The number of hydrogen-bond acceptors (Lipinski definition) is 3. The quantitative estimate of drug-likeness (QED) is 0.817. The van der Waals surface area contributed by atoms with Crippen molar-refractivity contribution >= 4 is 17.4 Å². The zero-order valence-corrected chi connectivity index (χ0v) is 10.4. The van der Waals surface area contributed by atoms with E-state index in [1.807, 2.05) is 13.8 Å². The Bertz CT molecular complexity index is 384. The van der Waals surface area contributed by atoms with Crippen molar-refractivity contribution in [3.8, 4) is 0 Å². The first-order valence-corrected chi connectivity index (χ1v) is 5.57. The third-order valence-corrected chi connectivity index (χ3v) is 2.68. The highest BCUT2D eigenvalue weighted by molar-refractivity contribution is 5.94. The van der Waals surface area contributed by atoms with E-state index in [1.165, 1.54) is 0 Å². The molecule has 1 aromatic heterocycles. The van der Waals surface area contributed by atoms with Crippen LogP contribution in [0.2, 0.25) is 0 Å². The summed E-state index contributed by atoms with van der Waals surface area (Å²) in [6.07, 6.45) is 1.87. The van der Waals surface area contributed by atoms with Crippen LogP contribution in [0.15, 0.2) is 0 Å². The Hall–Kier alpha value is -1.52. The van der Waals surface area contributed by atoms with E-state index in [0.717, 1.165) is 18.5 Å². The summed E-state index contributed by atoms with van der Waals surface area (Å²) in [4.78, 5) is 11.8. The van der Waals surface area contributed by atoms with Crippen LogP contribution >= 0.6 is 0 Å². The summed E-state index contributed by atoms with van der Waals surface area (Å²) in [6.45, 7) is 5.80. The van der Waals surface area contributed by atoms with Gasteiger partial charge in [-0.2, -0.15) is 5.10 Å². The summed E-state index contributed by atoms with van der Waals surface area (Å²) < 4.78 is 1.60. The largest absolute Gasteiger partial charge is 0.394 e. The number of anilines is 2. The number of nitrogens with zero attached hydrogens (tertiary/aromatic N) is 2. The van der Waals surface area contributed by atoms with Crippen LogP contribution < -0.4 is 11.1 Å². The lowest BCUT2D eigenvalue weighted by Crippen LogP contribution is -2.22. The van der Waals surface area contributed by atoms with Gasteiger partial charge in [0.05, 0.1) is 11.4 Å². The molecule has 0 saturated carbocycles. The predicted octanol–water partition coefficient (Wildman–Crippen LogP) is 1.69. The van der Waals surface area contributed by atoms with Crippen molar-refractivity contribution in [1.29, 1.82) is 0 Å². The third-order valence-electron chi connectivity index (χ3n) is 2.68. The Labute approximate surface area is 96.0 Å². The van der Waals surface area contributed by atoms with E-state index < -0.39 is 0 Å². The summed E-state index contributed by atoms with van der Waals surface area (Å²) >= 11 is 0. The highest BCUT2D eigenvalue weighted by Crippen LogP contribution is 2.21. The Morgan fingerprint density at radius 2 is 2.25 bits per heavy atom. The van der Waals surface area contributed by atoms with Gasteiger partial charge in [0, 0.05) is 13.0 Å². The Balaban J connectivity index is 2.77. The van der Waals surface area contributed by atoms with Crippen molar-refractivity contribution in [3.63, 3.8) is 0 Å². The van der Waals surface area contributed by atoms with Crippen molar-refractivity contribution in [2.75, 3.05) is 11.1 Å². The molecule has 1 atom stereocenters. The van der Waals surface area contributed by atoms with Gasteiger partial charge in [0.25, 0.3) is 0 Å². The summed E-state index contributed by atoms with van der Waals surface area (Å²) in [6, 6.07) is 0. The second-order valence-corrected chi connectivity index (χ2v) is 4.15. The molecule has 0 aliphatic carbocycles. The number of nitrogens with one attached hydrogen (secondary N) is 1. The molecular formula is C11H20N4O. The van der Waals surface area contributed by atoms with E-state index in [1.54, 1.807) is 11.7 Å². The van der Waals surface area contributed by atoms with Gasteiger partial charge in [-0.05, 0) is 13.3 Å². The molecule has 5 heteroatoms. The van der Waals surface area contributed by atoms with Crippen LogP contribution in [0.5, 0.6) is 0 Å². The molecule has 5 nitrogen and oxygen atoms in total. The fourth-order valence-corrected chi connectivity index (χ4v) is 1.63. The predicted molar refractivity (Wildman–Crippen MR) is 65.1 cm³/mol. The lowest BCUT2D eigenvalue weighted by atomic mass is 10.1. The van der Waals surface area contributed by atoms with Crippen LogP contribution in [-0.4, -0.2) is 15.7 Å². The van der Waals surface area contributed by atoms with Gasteiger partial charge in [0.15, 0.2) is 5.82 Å². The summed E-state index contributed by atoms with van der Waals surface area (Å²) in [5, 5.41) is 6.97. The smallest absolute Gasteiger partial charge is 0.228 e. The van der Waals surface area contributed by atoms with Gasteiger partial charge in [-0.3, -0.25) is 9.48 Å². The molecule has 0 saturated heterocycles. The number of carbonyl (C=O) groups is 1. The average molecular weight is 224 g/mol.